The average molecular weight is 490 g/mol. The number of hydrogen-bond donors (Lipinski definition) is 1. The van der Waals surface area contributed by atoms with Crippen LogP contribution in [0.4, 0.5) is 0 Å². The molecule has 1 heterocycles. The zero-order valence-electron chi connectivity index (χ0n) is 19.6. The van der Waals surface area contributed by atoms with E-state index in [-0.39, 0.29) is 29.7 Å². The zero-order chi connectivity index (χ0) is 23.6. The smallest absolute Gasteiger partial charge is 0.226 e. The van der Waals surface area contributed by atoms with Crippen LogP contribution in [0, 0.1) is 18.3 Å². The quantitative estimate of drug-likeness (QED) is 0.453. The first kappa shape index (κ1) is 24.5. The van der Waals surface area contributed by atoms with Crippen LogP contribution >= 0.6 is 23.2 Å². The summed E-state index contributed by atoms with van der Waals surface area (Å²) in [7, 11) is 1.66. The number of fused-ring (bicyclic) bond motifs is 1. The Labute approximate surface area is 206 Å². The maximum absolute atomic E-state index is 13.4. The first-order valence-corrected chi connectivity index (χ1v) is 12.6. The molecule has 4 rings (SSSR count). The number of carbonyl (C=O) groups is 1. The predicted molar refractivity (Wildman–Crippen MR) is 133 cm³/mol. The fourth-order valence-electron chi connectivity index (χ4n) is 6.13. The molecule has 0 bridgehead atoms. The summed E-state index contributed by atoms with van der Waals surface area (Å²) in [5.41, 5.74) is 3.09. The third-order valence-electron chi connectivity index (χ3n) is 7.73. The number of carbonyl (C=O) groups excluding carboxylic acids is 1. The Balaban J connectivity index is 1.79. The van der Waals surface area contributed by atoms with E-state index in [9.17, 15) is 4.79 Å². The molecule has 4 nitrogen and oxygen atoms in total. The molecule has 6 heteroatoms. The van der Waals surface area contributed by atoms with Crippen molar-refractivity contribution in [2.24, 2.45) is 11.3 Å². The number of rotatable bonds is 8. The van der Waals surface area contributed by atoms with Gasteiger partial charge in [-0.15, -0.1) is 0 Å². The van der Waals surface area contributed by atoms with Gasteiger partial charge in [-0.2, -0.15) is 0 Å². The number of amides is 1. The Bertz CT molecular complexity index is 980. The van der Waals surface area contributed by atoms with Crippen LogP contribution in [-0.2, 0) is 14.3 Å². The van der Waals surface area contributed by atoms with Crippen LogP contribution < -0.4 is 5.32 Å². The first-order valence-electron chi connectivity index (χ1n) is 11.8. The van der Waals surface area contributed by atoms with Gasteiger partial charge < -0.3 is 14.8 Å². The van der Waals surface area contributed by atoms with Crippen molar-refractivity contribution in [2.75, 3.05) is 26.9 Å². The molecule has 2 aliphatic rings. The third kappa shape index (κ3) is 4.68. The van der Waals surface area contributed by atoms with Crippen LogP contribution in [0.3, 0.4) is 0 Å². The van der Waals surface area contributed by atoms with Gasteiger partial charge in [0.05, 0.1) is 31.3 Å². The van der Waals surface area contributed by atoms with Crippen LogP contribution in [0.15, 0.2) is 42.5 Å². The Morgan fingerprint density at radius 2 is 1.88 bits per heavy atom. The molecule has 0 radical (unpaired) electrons. The SMILES string of the molecule is CC[C@@]12CC[C@@H](c3ccc(C)cc3Cl)C(c3ccc(Cl)cc3)[C@@H]1[C@@H](COCCOC)NC2=O. The van der Waals surface area contributed by atoms with Crippen molar-refractivity contribution in [3.8, 4) is 0 Å². The highest BCUT2D eigenvalue weighted by Gasteiger charge is 2.60. The summed E-state index contributed by atoms with van der Waals surface area (Å²) in [5.74, 6) is 0.571. The summed E-state index contributed by atoms with van der Waals surface area (Å²) < 4.78 is 11.1. The number of benzene rings is 2. The third-order valence-corrected chi connectivity index (χ3v) is 8.31. The lowest BCUT2D eigenvalue weighted by Crippen LogP contribution is -2.45. The lowest BCUT2D eigenvalue weighted by atomic mass is 9.54. The van der Waals surface area contributed by atoms with E-state index in [1.807, 2.05) is 18.2 Å². The summed E-state index contributed by atoms with van der Waals surface area (Å²) >= 11 is 13.0. The molecular formula is C27H33Cl2NO3. The average Bonchev–Trinajstić information content (AvgIpc) is 3.09. The molecule has 1 amide bonds. The zero-order valence-corrected chi connectivity index (χ0v) is 21.1. The molecule has 1 unspecified atom stereocenters. The molecule has 0 spiro atoms. The predicted octanol–water partition coefficient (Wildman–Crippen LogP) is 6.14. The lowest BCUT2D eigenvalue weighted by Gasteiger charge is -2.48. The van der Waals surface area contributed by atoms with E-state index in [2.05, 4.69) is 43.4 Å². The van der Waals surface area contributed by atoms with Gasteiger partial charge in [0.15, 0.2) is 0 Å². The van der Waals surface area contributed by atoms with Gasteiger partial charge >= 0.3 is 0 Å². The van der Waals surface area contributed by atoms with Crippen molar-refractivity contribution < 1.29 is 14.3 Å². The van der Waals surface area contributed by atoms with Gasteiger partial charge in [0.1, 0.15) is 0 Å². The minimum absolute atomic E-state index is 0.0676. The van der Waals surface area contributed by atoms with Crippen LogP contribution in [0.5, 0.6) is 0 Å². The van der Waals surface area contributed by atoms with E-state index in [1.54, 1.807) is 7.11 Å². The van der Waals surface area contributed by atoms with Crippen molar-refractivity contribution in [3.63, 3.8) is 0 Å². The van der Waals surface area contributed by atoms with E-state index in [1.165, 1.54) is 5.56 Å². The highest BCUT2D eigenvalue weighted by atomic mass is 35.5. The summed E-state index contributed by atoms with van der Waals surface area (Å²) in [5, 5.41) is 4.82. The second-order valence-electron chi connectivity index (χ2n) is 9.43. The first-order chi connectivity index (χ1) is 15.9. The highest BCUT2D eigenvalue weighted by molar-refractivity contribution is 6.31. The summed E-state index contributed by atoms with van der Waals surface area (Å²) in [6, 6.07) is 14.4. The fourth-order valence-corrected chi connectivity index (χ4v) is 6.63. The van der Waals surface area contributed by atoms with Gasteiger partial charge in [-0.1, -0.05) is 54.4 Å². The molecule has 2 aromatic rings. The Kier molecular flexibility index (Phi) is 7.69. The Morgan fingerprint density at radius 1 is 1.12 bits per heavy atom. The fraction of sp³-hybridized carbons (Fsp3) is 0.519. The Morgan fingerprint density at radius 3 is 2.55 bits per heavy atom. The second-order valence-corrected chi connectivity index (χ2v) is 10.3. The van der Waals surface area contributed by atoms with Gasteiger partial charge in [-0.3, -0.25) is 4.79 Å². The Hall–Kier alpha value is -1.59. The van der Waals surface area contributed by atoms with Crippen molar-refractivity contribution >= 4 is 29.1 Å². The van der Waals surface area contributed by atoms with Crippen LogP contribution in [0.25, 0.3) is 0 Å². The molecule has 0 aromatic heterocycles. The molecule has 2 fully saturated rings. The molecule has 5 atom stereocenters. The van der Waals surface area contributed by atoms with Crippen molar-refractivity contribution in [2.45, 2.75) is 51.0 Å². The second kappa shape index (κ2) is 10.4. The number of ether oxygens (including phenoxy) is 2. The van der Waals surface area contributed by atoms with E-state index in [4.69, 9.17) is 32.7 Å². The van der Waals surface area contributed by atoms with Gasteiger partial charge in [0, 0.05) is 23.1 Å². The number of nitrogens with one attached hydrogen (secondary N) is 1. The monoisotopic (exact) mass is 489 g/mol. The van der Waals surface area contributed by atoms with Crippen LogP contribution in [-0.4, -0.2) is 38.9 Å². The summed E-state index contributed by atoms with van der Waals surface area (Å²) in [4.78, 5) is 13.4. The van der Waals surface area contributed by atoms with Crippen LogP contribution in [0.2, 0.25) is 10.0 Å². The molecule has 1 N–H and O–H groups in total. The van der Waals surface area contributed by atoms with Crippen molar-refractivity contribution in [1.82, 2.24) is 5.32 Å². The standard InChI is InChI=1S/C27H33Cl2NO3/c1-4-27-12-11-21(20-10-5-17(2)15-22(20)29)24(18-6-8-19(28)9-7-18)25(27)23(30-26(27)31)16-33-14-13-32-3/h5-10,15,21,23-25H,4,11-14,16H2,1-3H3,(H,30,31)/t21-,23+,24?,25-,27+/m0/s1. The minimum atomic E-state index is -0.409. The maximum atomic E-state index is 13.4. The molecule has 1 aliphatic carbocycles. The molecular weight excluding hydrogens is 457 g/mol. The normalized spacial score (nSPS) is 29.1. The number of halogens is 2. The largest absolute Gasteiger partial charge is 0.382 e. The molecule has 1 aliphatic heterocycles. The van der Waals surface area contributed by atoms with E-state index < -0.39 is 5.41 Å². The van der Waals surface area contributed by atoms with Gasteiger partial charge in [-0.05, 0) is 72.9 Å². The number of aryl methyl sites for hydroxylation is 1. The summed E-state index contributed by atoms with van der Waals surface area (Å²) in [6.07, 6.45) is 2.55. The highest BCUT2D eigenvalue weighted by Crippen LogP contribution is 2.60. The van der Waals surface area contributed by atoms with E-state index in [0.29, 0.717) is 24.8 Å². The molecule has 2 aromatic carbocycles. The lowest BCUT2D eigenvalue weighted by molar-refractivity contribution is -0.131. The topological polar surface area (TPSA) is 47.6 Å². The van der Waals surface area contributed by atoms with Crippen molar-refractivity contribution in [1.29, 1.82) is 0 Å². The maximum Gasteiger partial charge on any atom is 0.226 e. The van der Waals surface area contributed by atoms with E-state index in [0.717, 1.165) is 35.4 Å². The summed E-state index contributed by atoms with van der Waals surface area (Å²) in [6.45, 7) is 5.71. The molecule has 178 valence electrons. The van der Waals surface area contributed by atoms with Gasteiger partial charge in [0.2, 0.25) is 5.91 Å². The van der Waals surface area contributed by atoms with Crippen LogP contribution in [0.1, 0.15) is 54.7 Å². The number of methoxy groups -OCH3 is 1. The number of hydrogen-bond acceptors (Lipinski definition) is 3. The van der Waals surface area contributed by atoms with E-state index >= 15 is 0 Å². The van der Waals surface area contributed by atoms with Gasteiger partial charge in [-0.25, -0.2) is 0 Å². The van der Waals surface area contributed by atoms with Gasteiger partial charge in [0.25, 0.3) is 0 Å². The minimum Gasteiger partial charge on any atom is -0.382 e. The van der Waals surface area contributed by atoms with Crippen molar-refractivity contribution in [3.05, 3.63) is 69.2 Å². The molecule has 1 saturated carbocycles. The molecule has 1 saturated heterocycles. The molecule has 33 heavy (non-hydrogen) atoms.